The van der Waals surface area contributed by atoms with Crippen LogP contribution < -0.4 is 4.90 Å². The van der Waals surface area contributed by atoms with E-state index in [-0.39, 0.29) is 0 Å². The van der Waals surface area contributed by atoms with Crippen molar-refractivity contribution in [2.75, 3.05) is 4.90 Å². The molecule has 0 aliphatic carbocycles. The Kier molecular flexibility index (Phi) is 4.08. The van der Waals surface area contributed by atoms with Crippen LogP contribution in [0.5, 0.6) is 0 Å². The molecule has 1 aromatic heterocycles. The molecule has 0 saturated heterocycles. The summed E-state index contributed by atoms with van der Waals surface area (Å²) < 4.78 is 0. The van der Waals surface area contributed by atoms with Crippen LogP contribution in [0.2, 0.25) is 0 Å². The molecule has 28 heavy (non-hydrogen) atoms. The normalized spacial score (nSPS) is 12.0. The number of aromatic nitrogens is 1. The second-order valence-corrected chi connectivity index (χ2v) is 7.55. The number of nitriles is 1. The topological polar surface area (TPSA) is 39.9 Å². The number of nitrogens with zero attached hydrogens (tertiary/aromatic N) is 3. The molecule has 0 fully saturated rings. The maximum absolute atomic E-state index is 8.98. The van der Waals surface area contributed by atoms with E-state index in [4.69, 9.17) is 5.26 Å². The molecular formula is C24H15N3S. The van der Waals surface area contributed by atoms with E-state index in [1.807, 2.05) is 6.07 Å². The summed E-state index contributed by atoms with van der Waals surface area (Å²) in [6.07, 6.45) is 1.76. The number of benzene rings is 3. The third-order valence-corrected chi connectivity index (χ3v) is 5.88. The maximum atomic E-state index is 8.98. The quantitative estimate of drug-likeness (QED) is 0.349. The fraction of sp³-hybridized carbons (Fsp3) is 0. The number of hydrogen-bond donors (Lipinski definition) is 0. The Balaban J connectivity index is 1.65. The summed E-state index contributed by atoms with van der Waals surface area (Å²) >= 11 is 1.80. The number of para-hydroxylation sites is 2. The van der Waals surface area contributed by atoms with E-state index in [2.05, 4.69) is 88.7 Å². The van der Waals surface area contributed by atoms with Gasteiger partial charge in [0.05, 0.1) is 11.4 Å². The van der Waals surface area contributed by atoms with Gasteiger partial charge in [-0.25, -0.2) is 4.98 Å². The van der Waals surface area contributed by atoms with Crippen LogP contribution in [0, 0.1) is 11.3 Å². The van der Waals surface area contributed by atoms with Crippen LogP contribution in [-0.4, -0.2) is 4.98 Å². The lowest BCUT2D eigenvalue weighted by atomic mass is 10.1. The molecule has 4 aromatic rings. The van der Waals surface area contributed by atoms with Crippen LogP contribution in [0.4, 0.5) is 17.1 Å². The molecular weight excluding hydrogens is 362 g/mol. The Labute approximate surface area is 167 Å². The molecule has 0 atom stereocenters. The number of anilines is 3. The number of pyridine rings is 1. The lowest BCUT2D eigenvalue weighted by Gasteiger charge is -2.33. The molecule has 3 aromatic carbocycles. The van der Waals surface area contributed by atoms with Crippen LogP contribution in [0.25, 0.3) is 11.1 Å². The third-order valence-electron chi connectivity index (χ3n) is 4.75. The Morgan fingerprint density at radius 3 is 2.11 bits per heavy atom. The molecule has 1 aliphatic rings. The van der Waals surface area contributed by atoms with Crippen LogP contribution in [0.15, 0.2) is 101 Å². The molecule has 0 spiro atoms. The largest absolute Gasteiger partial charge is 0.308 e. The molecule has 0 radical (unpaired) electrons. The predicted molar refractivity (Wildman–Crippen MR) is 113 cm³/mol. The molecule has 132 valence electrons. The van der Waals surface area contributed by atoms with E-state index in [9.17, 15) is 0 Å². The van der Waals surface area contributed by atoms with Crippen molar-refractivity contribution >= 4 is 28.8 Å². The first kappa shape index (κ1) is 16.6. The van der Waals surface area contributed by atoms with Gasteiger partial charge in [0.2, 0.25) is 0 Å². The molecule has 1 aliphatic heterocycles. The number of fused-ring (bicyclic) bond motifs is 2. The van der Waals surface area contributed by atoms with Gasteiger partial charge in [-0.2, -0.15) is 5.26 Å². The van der Waals surface area contributed by atoms with Crippen LogP contribution in [-0.2, 0) is 0 Å². The first-order valence-corrected chi connectivity index (χ1v) is 9.78. The summed E-state index contributed by atoms with van der Waals surface area (Å²) in [6, 6.07) is 31.2. The van der Waals surface area contributed by atoms with E-state index < -0.39 is 0 Å². The van der Waals surface area contributed by atoms with Gasteiger partial charge in [0.15, 0.2) is 0 Å². The van der Waals surface area contributed by atoms with Crippen LogP contribution in [0.3, 0.4) is 0 Å². The first-order chi connectivity index (χ1) is 13.8. The van der Waals surface area contributed by atoms with E-state index >= 15 is 0 Å². The highest BCUT2D eigenvalue weighted by Crippen LogP contribution is 2.51. The Morgan fingerprint density at radius 2 is 1.46 bits per heavy atom. The van der Waals surface area contributed by atoms with Crippen molar-refractivity contribution in [3.8, 4) is 17.2 Å². The molecule has 0 unspecified atom stereocenters. The molecule has 5 rings (SSSR count). The number of hydrogen-bond acceptors (Lipinski definition) is 4. The van der Waals surface area contributed by atoms with Gasteiger partial charge in [-0.3, -0.25) is 0 Å². The van der Waals surface area contributed by atoms with E-state index in [1.165, 1.54) is 21.2 Å². The average Bonchev–Trinajstić information content (AvgIpc) is 2.77. The summed E-state index contributed by atoms with van der Waals surface area (Å²) in [5.74, 6) is 0. The van der Waals surface area contributed by atoms with Gasteiger partial charge < -0.3 is 4.90 Å². The van der Waals surface area contributed by atoms with E-state index in [0.717, 1.165) is 16.8 Å². The number of rotatable bonds is 2. The summed E-state index contributed by atoms with van der Waals surface area (Å²) in [7, 11) is 0. The van der Waals surface area contributed by atoms with Crippen molar-refractivity contribution in [1.82, 2.24) is 4.98 Å². The molecule has 0 saturated carbocycles. The van der Waals surface area contributed by atoms with Crippen molar-refractivity contribution < 1.29 is 0 Å². The summed E-state index contributed by atoms with van der Waals surface area (Å²) in [5, 5.41) is 8.98. The van der Waals surface area contributed by atoms with Crippen molar-refractivity contribution in [3.63, 3.8) is 0 Å². The molecule has 3 nitrogen and oxygen atoms in total. The van der Waals surface area contributed by atoms with Gasteiger partial charge in [-0.1, -0.05) is 48.2 Å². The second-order valence-electron chi connectivity index (χ2n) is 6.47. The lowest BCUT2D eigenvalue weighted by molar-refractivity contribution is 1.17. The molecule has 0 N–H and O–H groups in total. The zero-order chi connectivity index (χ0) is 18.9. The van der Waals surface area contributed by atoms with E-state index in [1.54, 1.807) is 24.0 Å². The molecule has 4 heteroatoms. The van der Waals surface area contributed by atoms with Gasteiger partial charge in [-0.15, -0.1) is 0 Å². The highest BCUT2D eigenvalue weighted by molar-refractivity contribution is 7.99. The lowest BCUT2D eigenvalue weighted by Crippen LogP contribution is -2.14. The fourth-order valence-corrected chi connectivity index (χ4v) is 4.50. The van der Waals surface area contributed by atoms with Gasteiger partial charge in [0, 0.05) is 27.2 Å². The Bertz CT molecular complexity index is 1160. The monoisotopic (exact) mass is 377 g/mol. The third kappa shape index (κ3) is 2.83. The first-order valence-electron chi connectivity index (χ1n) is 8.96. The summed E-state index contributed by atoms with van der Waals surface area (Å²) in [5.41, 5.74) is 5.96. The highest BCUT2D eigenvalue weighted by Gasteiger charge is 2.24. The van der Waals surface area contributed by atoms with Crippen molar-refractivity contribution in [1.29, 1.82) is 5.26 Å². The molecule has 0 bridgehead atoms. The van der Waals surface area contributed by atoms with Crippen molar-refractivity contribution in [3.05, 3.63) is 96.8 Å². The van der Waals surface area contributed by atoms with Crippen LogP contribution in [0.1, 0.15) is 5.69 Å². The fourth-order valence-electron chi connectivity index (χ4n) is 3.44. The van der Waals surface area contributed by atoms with Gasteiger partial charge >= 0.3 is 0 Å². The van der Waals surface area contributed by atoms with Gasteiger partial charge in [0.1, 0.15) is 11.8 Å². The SMILES string of the molecule is N#Cc1ccc(-c2cccc(N3c4ccccc4Sc4ccccc43)c2)cn1. The Morgan fingerprint density at radius 1 is 0.750 bits per heavy atom. The summed E-state index contributed by atoms with van der Waals surface area (Å²) in [4.78, 5) is 9.00. The van der Waals surface area contributed by atoms with Crippen molar-refractivity contribution in [2.45, 2.75) is 9.79 Å². The standard InChI is InChI=1S/C24H15N3S/c25-15-19-13-12-18(16-26-19)17-6-5-7-20(14-17)27-21-8-1-3-10-23(21)28-24-11-4-2-9-22(24)27/h1-14,16H. The maximum Gasteiger partial charge on any atom is 0.140 e. The van der Waals surface area contributed by atoms with Crippen molar-refractivity contribution in [2.24, 2.45) is 0 Å². The van der Waals surface area contributed by atoms with Crippen LogP contribution >= 0.6 is 11.8 Å². The minimum Gasteiger partial charge on any atom is -0.308 e. The minimum absolute atomic E-state index is 0.427. The Hall–Kier alpha value is -3.55. The molecule has 0 amide bonds. The molecule has 2 heterocycles. The van der Waals surface area contributed by atoms with Gasteiger partial charge in [0.25, 0.3) is 0 Å². The smallest absolute Gasteiger partial charge is 0.140 e. The highest BCUT2D eigenvalue weighted by atomic mass is 32.2. The second kappa shape index (κ2) is 6.88. The average molecular weight is 377 g/mol. The zero-order valence-corrected chi connectivity index (χ0v) is 15.7. The summed E-state index contributed by atoms with van der Waals surface area (Å²) in [6.45, 7) is 0. The zero-order valence-electron chi connectivity index (χ0n) is 14.9. The minimum atomic E-state index is 0.427. The predicted octanol–water partition coefficient (Wildman–Crippen LogP) is 6.55. The van der Waals surface area contributed by atoms with E-state index in [0.29, 0.717) is 5.69 Å². The van der Waals surface area contributed by atoms with Gasteiger partial charge in [-0.05, 0) is 54.1 Å².